The van der Waals surface area contributed by atoms with Gasteiger partial charge in [-0.25, -0.2) is 0 Å². The largest absolute Gasteiger partial charge is 0.315 e. The minimum Gasteiger partial charge on any atom is -0.315 e. The van der Waals surface area contributed by atoms with Gasteiger partial charge in [0.1, 0.15) is 0 Å². The van der Waals surface area contributed by atoms with Crippen molar-refractivity contribution >= 4 is 11.6 Å². The van der Waals surface area contributed by atoms with Crippen LogP contribution in [0.25, 0.3) is 0 Å². The smallest absolute Gasteiger partial charge is 0.229 e. The summed E-state index contributed by atoms with van der Waals surface area (Å²) in [6, 6.07) is 18.4. The minimum absolute atomic E-state index is 0.00774. The topological polar surface area (TPSA) is 20.3 Å². The first-order valence-electron chi connectivity index (χ1n) is 8.21. The summed E-state index contributed by atoms with van der Waals surface area (Å²) in [6.45, 7) is 8.54. The van der Waals surface area contributed by atoms with Gasteiger partial charge in [-0.3, -0.25) is 4.79 Å². The predicted octanol–water partition coefficient (Wildman–Crippen LogP) is 4.83. The van der Waals surface area contributed by atoms with Gasteiger partial charge < -0.3 is 4.90 Å². The van der Waals surface area contributed by atoms with E-state index < -0.39 is 0 Å². The molecule has 0 fully saturated rings. The lowest BCUT2D eigenvalue weighted by Crippen LogP contribution is -2.34. The van der Waals surface area contributed by atoms with E-state index in [1.54, 1.807) is 0 Å². The molecule has 122 valence electrons. The second-order valence-electron chi connectivity index (χ2n) is 7.26. The molecule has 0 saturated carbocycles. The summed E-state index contributed by atoms with van der Waals surface area (Å²) in [5, 5.41) is 0. The lowest BCUT2D eigenvalue weighted by molar-refractivity contribution is -0.121. The highest BCUT2D eigenvalue weighted by Crippen LogP contribution is 2.32. The molecule has 1 unspecified atom stereocenters. The van der Waals surface area contributed by atoms with E-state index in [-0.39, 0.29) is 17.2 Å². The maximum Gasteiger partial charge on any atom is 0.229 e. The molecule has 2 heteroatoms. The molecule has 0 aliphatic rings. The fraction of sp³-hybridized carbons (Fsp3) is 0.381. The number of rotatable bonds is 4. The van der Waals surface area contributed by atoms with Crippen LogP contribution in [0, 0.1) is 5.92 Å². The maximum atomic E-state index is 12.9. The van der Waals surface area contributed by atoms with Gasteiger partial charge in [0.05, 0.1) is 0 Å². The number of anilines is 1. The first-order chi connectivity index (χ1) is 10.8. The van der Waals surface area contributed by atoms with E-state index in [1.807, 2.05) is 55.3 Å². The van der Waals surface area contributed by atoms with E-state index in [2.05, 4.69) is 39.0 Å². The van der Waals surface area contributed by atoms with Gasteiger partial charge in [0.25, 0.3) is 0 Å². The molecule has 2 rings (SSSR count). The zero-order chi connectivity index (χ0) is 17.0. The Morgan fingerprint density at radius 2 is 1.57 bits per heavy atom. The molecule has 0 aliphatic carbocycles. The summed E-state index contributed by atoms with van der Waals surface area (Å²) in [4.78, 5) is 14.7. The second-order valence-corrected chi connectivity index (χ2v) is 7.26. The molecule has 0 aliphatic heterocycles. The Morgan fingerprint density at radius 1 is 1.00 bits per heavy atom. The minimum atomic E-state index is -0.0459. The summed E-state index contributed by atoms with van der Waals surface area (Å²) >= 11 is 0. The molecule has 0 spiro atoms. The molecule has 0 aromatic heterocycles. The number of hydrogen-bond donors (Lipinski definition) is 0. The van der Waals surface area contributed by atoms with Crippen LogP contribution in [-0.4, -0.2) is 13.0 Å². The summed E-state index contributed by atoms with van der Waals surface area (Å²) in [5.74, 6) is 0.112. The van der Waals surface area contributed by atoms with Crippen LogP contribution in [0.15, 0.2) is 54.6 Å². The molecular formula is C21H27NO. The molecule has 0 bridgehead atoms. The fourth-order valence-electron chi connectivity index (χ4n) is 2.90. The third-order valence-corrected chi connectivity index (χ3v) is 4.21. The summed E-state index contributed by atoms with van der Waals surface area (Å²) < 4.78 is 0. The highest BCUT2D eigenvalue weighted by Gasteiger charge is 2.24. The lowest BCUT2D eigenvalue weighted by atomic mass is 9.85. The number of hydrogen-bond acceptors (Lipinski definition) is 1. The maximum absolute atomic E-state index is 12.9. The summed E-state index contributed by atoms with van der Waals surface area (Å²) in [6.07, 6.45) is 0.766. The van der Waals surface area contributed by atoms with Crippen molar-refractivity contribution in [3.63, 3.8) is 0 Å². The number of benzene rings is 2. The molecule has 0 radical (unpaired) electrons. The van der Waals surface area contributed by atoms with Crippen LogP contribution in [0.3, 0.4) is 0 Å². The number of para-hydroxylation sites is 1. The van der Waals surface area contributed by atoms with Gasteiger partial charge in [0, 0.05) is 18.7 Å². The van der Waals surface area contributed by atoms with Crippen LogP contribution < -0.4 is 4.90 Å². The predicted molar refractivity (Wildman–Crippen MR) is 97.9 cm³/mol. The van der Waals surface area contributed by atoms with Crippen molar-refractivity contribution in [3.8, 4) is 0 Å². The van der Waals surface area contributed by atoms with Crippen LogP contribution in [0.5, 0.6) is 0 Å². The molecule has 23 heavy (non-hydrogen) atoms. The Balaban J connectivity index is 2.20. The highest BCUT2D eigenvalue weighted by molar-refractivity contribution is 5.95. The number of carbonyl (C=O) groups is 1. The number of amides is 1. The number of carbonyl (C=O) groups excluding carboxylic acids is 1. The summed E-state index contributed by atoms with van der Waals surface area (Å²) in [7, 11) is 1.88. The monoisotopic (exact) mass is 309 g/mol. The van der Waals surface area contributed by atoms with Gasteiger partial charge in [-0.2, -0.15) is 0 Å². The zero-order valence-corrected chi connectivity index (χ0v) is 14.8. The molecule has 0 heterocycles. The van der Waals surface area contributed by atoms with Crippen molar-refractivity contribution in [2.45, 2.75) is 39.5 Å². The van der Waals surface area contributed by atoms with E-state index in [0.717, 1.165) is 12.1 Å². The van der Waals surface area contributed by atoms with E-state index in [4.69, 9.17) is 0 Å². The van der Waals surface area contributed by atoms with Gasteiger partial charge >= 0.3 is 0 Å². The molecule has 0 saturated heterocycles. The van der Waals surface area contributed by atoms with Crippen molar-refractivity contribution in [1.82, 2.24) is 0 Å². The molecule has 1 amide bonds. The quantitative estimate of drug-likeness (QED) is 0.792. The van der Waals surface area contributed by atoms with Crippen molar-refractivity contribution in [3.05, 3.63) is 65.7 Å². The molecule has 1 atom stereocenters. The lowest BCUT2D eigenvalue weighted by Gasteiger charge is -2.29. The summed E-state index contributed by atoms with van der Waals surface area (Å²) in [5.41, 5.74) is 3.41. The van der Waals surface area contributed by atoms with Crippen LogP contribution in [0.2, 0.25) is 0 Å². The van der Waals surface area contributed by atoms with E-state index in [1.165, 1.54) is 11.1 Å². The van der Waals surface area contributed by atoms with Crippen molar-refractivity contribution < 1.29 is 4.79 Å². The number of nitrogens with zero attached hydrogens (tertiary/aromatic N) is 1. The highest BCUT2D eigenvalue weighted by atomic mass is 16.2. The molecule has 2 aromatic rings. The molecular weight excluding hydrogens is 282 g/mol. The van der Waals surface area contributed by atoms with Gasteiger partial charge in [0.15, 0.2) is 0 Å². The van der Waals surface area contributed by atoms with E-state index in [0.29, 0.717) is 0 Å². The van der Waals surface area contributed by atoms with Crippen LogP contribution >= 0.6 is 0 Å². The Labute approximate surface area is 140 Å². The van der Waals surface area contributed by atoms with E-state index >= 15 is 0 Å². The Hall–Kier alpha value is -2.09. The zero-order valence-electron chi connectivity index (χ0n) is 14.8. The normalized spacial score (nSPS) is 12.7. The third kappa shape index (κ3) is 4.22. The van der Waals surface area contributed by atoms with Crippen LogP contribution in [0.1, 0.15) is 38.8 Å². The van der Waals surface area contributed by atoms with Crippen molar-refractivity contribution in [2.24, 2.45) is 5.92 Å². The first kappa shape index (κ1) is 17.3. The van der Waals surface area contributed by atoms with Crippen LogP contribution in [0.4, 0.5) is 5.69 Å². The standard InChI is InChI=1S/C21H27NO/c1-16(15-17-11-7-6-8-12-17)20(23)22(5)19-14-10-9-13-18(19)21(2,3)4/h6-14,16H,15H2,1-5H3. The first-order valence-corrected chi connectivity index (χ1v) is 8.21. The average molecular weight is 309 g/mol. The molecule has 0 N–H and O–H groups in total. The second kappa shape index (κ2) is 6.99. The van der Waals surface area contributed by atoms with E-state index in [9.17, 15) is 4.79 Å². The Morgan fingerprint density at radius 3 is 2.17 bits per heavy atom. The molecule has 2 aromatic carbocycles. The third-order valence-electron chi connectivity index (χ3n) is 4.21. The van der Waals surface area contributed by atoms with Crippen molar-refractivity contribution in [1.29, 1.82) is 0 Å². The average Bonchev–Trinajstić information content (AvgIpc) is 2.53. The van der Waals surface area contributed by atoms with Gasteiger partial charge in [-0.1, -0.05) is 76.2 Å². The SMILES string of the molecule is CC(Cc1ccccc1)C(=O)N(C)c1ccccc1C(C)(C)C. The molecule has 2 nitrogen and oxygen atoms in total. The van der Waals surface area contributed by atoms with Gasteiger partial charge in [-0.15, -0.1) is 0 Å². The Kier molecular flexibility index (Phi) is 5.25. The Bertz CT molecular complexity index is 655. The van der Waals surface area contributed by atoms with Gasteiger partial charge in [0.2, 0.25) is 5.91 Å². The van der Waals surface area contributed by atoms with Gasteiger partial charge in [-0.05, 0) is 29.0 Å². The van der Waals surface area contributed by atoms with Crippen LogP contribution in [-0.2, 0) is 16.6 Å². The van der Waals surface area contributed by atoms with Crippen molar-refractivity contribution in [2.75, 3.05) is 11.9 Å². The fourth-order valence-corrected chi connectivity index (χ4v) is 2.90.